The Morgan fingerprint density at radius 1 is 1.20 bits per heavy atom. The standard InChI is InChI=1S/C18H27NO/c19-13-18(11-10-15-8-4-5-9-16(15)18)17(20)12-14-6-2-1-3-7-14/h4-5,8-9,14,17,20H,1-3,6-7,10-13,19H2. The van der Waals surface area contributed by atoms with Crippen LogP contribution in [0.4, 0.5) is 0 Å². The number of rotatable bonds is 4. The molecule has 2 aliphatic carbocycles. The van der Waals surface area contributed by atoms with Gasteiger partial charge in [0.1, 0.15) is 0 Å². The van der Waals surface area contributed by atoms with Gasteiger partial charge in [0.25, 0.3) is 0 Å². The van der Waals surface area contributed by atoms with Crippen molar-refractivity contribution in [3.63, 3.8) is 0 Å². The summed E-state index contributed by atoms with van der Waals surface area (Å²) in [5.74, 6) is 0.704. The summed E-state index contributed by atoms with van der Waals surface area (Å²) >= 11 is 0. The van der Waals surface area contributed by atoms with Crippen LogP contribution in [0.25, 0.3) is 0 Å². The molecule has 0 spiro atoms. The second-order valence-electron chi connectivity index (χ2n) is 6.77. The molecule has 2 atom stereocenters. The van der Waals surface area contributed by atoms with Crippen LogP contribution in [0.2, 0.25) is 0 Å². The topological polar surface area (TPSA) is 46.2 Å². The fourth-order valence-electron chi connectivity index (χ4n) is 4.37. The first-order chi connectivity index (χ1) is 9.76. The van der Waals surface area contributed by atoms with Crippen molar-refractivity contribution >= 4 is 0 Å². The summed E-state index contributed by atoms with van der Waals surface area (Å²) < 4.78 is 0. The van der Waals surface area contributed by atoms with Gasteiger partial charge in [0.2, 0.25) is 0 Å². The van der Waals surface area contributed by atoms with Crippen molar-refractivity contribution in [2.45, 2.75) is 62.9 Å². The van der Waals surface area contributed by atoms with Gasteiger partial charge in [-0.1, -0.05) is 56.4 Å². The van der Waals surface area contributed by atoms with E-state index in [1.807, 2.05) is 0 Å². The molecule has 0 aromatic heterocycles. The molecule has 0 aliphatic heterocycles. The maximum atomic E-state index is 10.9. The van der Waals surface area contributed by atoms with Gasteiger partial charge in [-0.15, -0.1) is 0 Å². The molecule has 2 heteroatoms. The lowest BCUT2D eigenvalue weighted by molar-refractivity contribution is 0.0544. The summed E-state index contributed by atoms with van der Waals surface area (Å²) in [4.78, 5) is 0. The van der Waals surface area contributed by atoms with Crippen LogP contribution in [0.15, 0.2) is 24.3 Å². The molecule has 1 aromatic carbocycles. The maximum Gasteiger partial charge on any atom is 0.0651 e. The van der Waals surface area contributed by atoms with Gasteiger partial charge < -0.3 is 10.8 Å². The van der Waals surface area contributed by atoms with Gasteiger partial charge in [-0.05, 0) is 36.3 Å². The van der Waals surface area contributed by atoms with E-state index in [0.29, 0.717) is 12.5 Å². The van der Waals surface area contributed by atoms with Crippen molar-refractivity contribution in [3.05, 3.63) is 35.4 Å². The second kappa shape index (κ2) is 5.87. The lowest BCUT2D eigenvalue weighted by Crippen LogP contribution is -2.45. The molecule has 0 saturated heterocycles. The zero-order valence-electron chi connectivity index (χ0n) is 12.4. The maximum absolute atomic E-state index is 10.9. The van der Waals surface area contributed by atoms with Crippen LogP contribution in [0.1, 0.15) is 56.1 Å². The van der Waals surface area contributed by atoms with Crippen molar-refractivity contribution in [3.8, 4) is 0 Å². The van der Waals surface area contributed by atoms with Gasteiger partial charge in [0.15, 0.2) is 0 Å². The number of benzene rings is 1. The summed E-state index contributed by atoms with van der Waals surface area (Å²) in [6.45, 7) is 0.567. The highest BCUT2D eigenvalue weighted by Crippen LogP contribution is 2.43. The Kier molecular flexibility index (Phi) is 4.13. The van der Waals surface area contributed by atoms with Gasteiger partial charge in [-0.3, -0.25) is 0 Å². The average Bonchev–Trinajstić information content (AvgIpc) is 2.88. The Morgan fingerprint density at radius 2 is 1.95 bits per heavy atom. The molecular weight excluding hydrogens is 246 g/mol. The first-order valence-electron chi connectivity index (χ1n) is 8.23. The SMILES string of the molecule is NCC1(C(O)CC2CCCCC2)CCc2ccccc21. The number of fused-ring (bicyclic) bond motifs is 1. The highest BCUT2D eigenvalue weighted by atomic mass is 16.3. The van der Waals surface area contributed by atoms with Crippen LogP contribution < -0.4 is 5.73 Å². The first kappa shape index (κ1) is 14.1. The molecule has 2 aliphatic rings. The van der Waals surface area contributed by atoms with Gasteiger partial charge in [0, 0.05) is 12.0 Å². The van der Waals surface area contributed by atoms with Gasteiger partial charge in [-0.2, -0.15) is 0 Å². The molecule has 2 unspecified atom stereocenters. The van der Waals surface area contributed by atoms with Gasteiger partial charge >= 0.3 is 0 Å². The number of aliphatic hydroxyl groups excluding tert-OH is 1. The molecule has 110 valence electrons. The number of hydrogen-bond donors (Lipinski definition) is 2. The molecule has 0 radical (unpaired) electrons. The molecule has 1 fully saturated rings. The van der Waals surface area contributed by atoms with E-state index >= 15 is 0 Å². The molecule has 1 saturated carbocycles. The Bertz CT molecular complexity index is 452. The lowest BCUT2D eigenvalue weighted by Gasteiger charge is -2.37. The van der Waals surface area contributed by atoms with E-state index in [2.05, 4.69) is 24.3 Å². The molecule has 3 N–H and O–H groups in total. The number of aryl methyl sites for hydroxylation is 1. The van der Waals surface area contributed by atoms with E-state index in [0.717, 1.165) is 19.3 Å². The van der Waals surface area contributed by atoms with Crippen LogP contribution in [0, 0.1) is 5.92 Å². The van der Waals surface area contributed by atoms with Crippen LogP contribution in [0.5, 0.6) is 0 Å². The fraction of sp³-hybridized carbons (Fsp3) is 0.667. The number of nitrogens with two attached hydrogens (primary N) is 1. The first-order valence-corrected chi connectivity index (χ1v) is 8.23. The predicted molar refractivity (Wildman–Crippen MR) is 82.7 cm³/mol. The minimum absolute atomic E-state index is 0.186. The Morgan fingerprint density at radius 3 is 2.70 bits per heavy atom. The zero-order valence-corrected chi connectivity index (χ0v) is 12.4. The highest BCUT2D eigenvalue weighted by Gasteiger charge is 2.43. The molecule has 1 aromatic rings. The van der Waals surface area contributed by atoms with Crippen LogP contribution >= 0.6 is 0 Å². The summed E-state index contributed by atoms with van der Waals surface area (Å²) in [6.07, 6.45) is 9.36. The lowest BCUT2D eigenvalue weighted by atomic mass is 9.72. The van der Waals surface area contributed by atoms with Crippen LogP contribution in [0.3, 0.4) is 0 Å². The van der Waals surface area contributed by atoms with E-state index in [1.165, 1.54) is 43.2 Å². The van der Waals surface area contributed by atoms with E-state index in [4.69, 9.17) is 5.73 Å². The Hall–Kier alpha value is -0.860. The quantitative estimate of drug-likeness (QED) is 0.885. The Labute approximate surface area is 122 Å². The van der Waals surface area contributed by atoms with Crippen molar-refractivity contribution in [1.82, 2.24) is 0 Å². The largest absolute Gasteiger partial charge is 0.392 e. The average molecular weight is 273 g/mol. The van der Waals surface area contributed by atoms with Crippen LogP contribution in [-0.2, 0) is 11.8 Å². The smallest absolute Gasteiger partial charge is 0.0651 e. The number of hydrogen-bond acceptors (Lipinski definition) is 2. The van der Waals surface area contributed by atoms with Crippen molar-refractivity contribution < 1.29 is 5.11 Å². The van der Waals surface area contributed by atoms with Gasteiger partial charge in [-0.25, -0.2) is 0 Å². The third kappa shape index (κ3) is 2.40. The summed E-state index contributed by atoms with van der Waals surface area (Å²) in [5, 5.41) is 10.9. The summed E-state index contributed by atoms with van der Waals surface area (Å²) in [5.41, 5.74) is 8.64. The second-order valence-corrected chi connectivity index (χ2v) is 6.77. The number of aliphatic hydroxyl groups is 1. The third-order valence-corrected chi connectivity index (χ3v) is 5.68. The van der Waals surface area contributed by atoms with Crippen molar-refractivity contribution in [2.75, 3.05) is 6.54 Å². The van der Waals surface area contributed by atoms with E-state index in [9.17, 15) is 5.11 Å². The molecule has 0 heterocycles. The van der Waals surface area contributed by atoms with Crippen molar-refractivity contribution in [2.24, 2.45) is 11.7 Å². The normalized spacial score (nSPS) is 28.3. The zero-order chi connectivity index (χ0) is 14.0. The molecule has 0 bridgehead atoms. The minimum Gasteiger partial charge on any atom is -0.392 e. The Balaban J connectivity index is 1.79. The van der Waals surface area contributed by atoms with E-state index < -0.39 is 0 Å². The highest BCUT2D eigenvalue weighted by molar-refractivity contribution is 5.41. The third-order valence-electron chi connectivity index (χ3n) is 5.68. The molecule has 20 heavy (non-hydrogen) atoms. The monoisotopic (exact) mass is 273 g/mol. The molecule has 0 amide bonds. The summed E-state index contributed by atoms with van der Waals surface area (Å²) in [6, 6.07) is 8.56. The molecular formula is C18H27NO. The molecule has 3 rings (SSSR count). The summed E-state index contributed by atoms with van der Waals surface area (Å²) in [7, 11) is 0. The molecule has 2 nitrogen and oxygen atoms in total. The predicted octanol–water partition coefficient (Wildman–Crippen LogP) is 3.16. The van der Waals surface area contributed by atoms with Gasteiger partial charge in [0.05, 0.1) is 6.10 Å². The van der Waals surface area contributed by atoms with E-state index in [1.54, 1.807) is 0 Å². The van der Waals surface area contributed by atoms with E-state index in [-0.39, 0.29) is 11.5 Å². The minimum atomic E-state index is -0.278. The fourth-order valence-corrected chi connectivity index (χ4v) is 4.37. The van der Waals surface area contributed by atoms with Crippen LogP contribution in [-0.4, -0.2) is 17.8 Å². The van der Waals surface area contributed by atoms with Crippen molar-refractivity contribution in [1.29, 1.82) is 0 Å².